The molecule has 1 fully saturated rings. The summed E-state index contributed by atoms with van der Waals surface area (Å²) in [6, 6.07) is 7.68. The van der Waals surface area contributed by atoms with E-state index in [-0.39, 0.29) is 5.41 Å². The first-order chi connectivity index (χ1) is 10.7. The van der Waals surface area contributed by atoms with E-state index in [9.17, 15) is 13.2 Å². The van der Waals surface area contributed by atoms with E-state index in [1.165, 1.54) is 13.8 Å². The number of hydrogen-bond acceptors (Lipinski definition) is 2. The van der Waals surface area contributed by atoms with Crippen molar-refractivity contribution in [1.29, 1.82) is 0 Å². The zero-order valence-corrected chi connectivity index (χ0v) is 14.3. The van der Waals surface area contributed by atoms with Gasteiger partial charge in [0.25, 0.3) is 0 Å². The van der Waals surface area contributed by atoms with E-state index in [4.69, 9.17) is 11.6 Å². The molecule has 0 aliphatic carbocycles. The maximum Gasteiger partial charge on any atom is 0.406 e. The van der Waals surface area contributed by atoms with Crippen molar-refractivity contribution in [2.75, 3.05) is 19.6 Å². The van der Waals surface area contributed by atoms with Crippen molar-refractivity contribution in [2.45, 2.75) is 50.2 Å². The molecule has 0 bridgehead atoms. The van der Waals surface area contributed by atoms with Crippen LogP contribution in [0.1, 0.15) is 38.7 Å². The molecule has 1 aromatic rings. The van der Waals surface area contributed by atoms with Gasteiger partial charge in [-0.05, 0) is 63.9 Å². The first-order valence-corrected chi connectivity index (χ1v) is 8.33. The van der Waals surface area contributed by atoms with E-state index in [2.05, 4.69) is 10.6 Å². The molecule has 0 amide bonds. The van der Waals surface area contributed by atoms with E-state index in [1.54, 1.807) is 0 Å². The van der Waals surface area contributed by atoms with Crippen LogP contribution in [0.4, 0.5) is 13.2 Å². The van der Waals surface area contributed by atoms with Crippen LogP contribution in [-0.4, -0.2) is 31.3 Å². The van der Waals surface area contributed by atoms with Crippen LogP contribution in [0.3, 0.4) is 0 Å². The van der Waals surface area contributed by atoms with Gasteiger partial charge in [-0.15, -0.1) is 0 Å². The number of nitrogens with one attached hydrogen (secondary N) is 2. The van der Waals surface area contributed by atoms with Crippen LogP contribution in [0.25, 0.3) is 0 Å². The lowest BCUT2D eigenvalue weighted by Crippen LogP contribution is -2.54. The second-order valence-corrected chi connectivity index (χ2v) is 7.30. The minimum Gasteiger partial charge on any atom is -0.316 e. The van der Waals surface area contributed by atoms with Gasteiger partial charge in [-0.2, -0.15) is 13.2 Å². The summed E-state index contributed by atoms with van der Waals surface area (Å²) in [7, 11) is 0. The van der Waals surface area contributed by atoms with Gasteiger partial charge in [0.2, 0.25) is 0 Å². The molecule has 1 atom stereocenters. The van der Waals surface area contributed by atoms with Gasteiger partial charge in [0.15, 0.2) is 0 Å². The number of halogens is 4. The molecule has 0 saturated carbocycles. The fraction of sp³-hybridized carbons (Fsp3) is 0.647. The fourth-order valence-electron chi connectivity index (χ4n) is 3.09. The molecular weight excluding hydrogens is 325 g/mol. The van der Waals surface area contributed by atoms with E-state index in [0.29, 0.717) is 18.0 Å². The van der Waals surface area contributed by atoms with Crippen molar-refractivity contribution < 1.29 is 13.2 Å². The van der Waals surface area contributed by atoms with Crippen LogP contribution in [0, 0.1) is 0 Å². The molecule has 0 radical (unpaired) electrons. The Balaban J connectivity index is 2.09. The summed E-state index contributed by atoms with van der Waals surface area (Å²) in [5.41, 5.74) is -0.880. The lowest BCUT2D eigenvalue weighted by molar-refractivity contribution is -0.186. The van der Waals surface area contributed by atoms with Crippen LogP contribution in [0.15, 0.2) is 24.3 Å². The average molecular weight is 349 g/mol. The summed E-state index contributed by atoms with van der Waals surface area (Å²) in [5, 5.41) is 6.73. The molecule has 2 N–H and O–H groups in total. The van der Waals surface area contributed by atoms with Gasteiger partial charge in [0.1, 0.15) is 5.54 Å². The van der Waals surface area contributed by atoms with Gasteiger partial charge in [-0.1, -0.05) is 23.7 Å². The number of rotatable bonds is 5. The molecule has 1 saturated heterocycles. The van der Waals surface area contributed by atoms with Crippen LogP contribution in [0.5, 0.6) is 0 Å². The van der Waals surface area contributed by atoms with Crippen LogP contribution in [0.2, 0.25) is 5.02 Å². The topological polar surface area (TPSA) is 24.1 Å². The summed E-state index contributed by atoms with van der Waals surface area (Å²) in [5.74, 6) is 0. The van der Waals surface area contributed by atoms with E-state index < -0.39 is 11.7 Å². The first-order valence-electron chi connectivity index (χ1n) is 7.95. The molecule has 1 unspecified atom stereocenters. The van der Waals surface area contributed by atoms with Crippen molar-refractivity contribution >= 4 is 11.6 Å². The predicted octanol–water partition coefficient (Wildman–Crippen LogP) is 4.28. The Bertz CT molecular complexity index is 506. The van der Waals surface area contributed by atoms with Crippen LogP contribution >= 0.6 is 11.6 Å². The zero-order chi connectivity index (χ0) is 17.1. The molecule has 130 valence electrons. The van der Waals surface area contributed by atoms with Gasteiger partial charge in [-0.25, -0.2) is 0 Å². The minimum absolute atomic E-state index is 0.141. The predicted molar refractivity (Wildman–Crippen MR) is 88.0 cm³/mol. The molecule has 1 aliphatic rings. The number of benzene rings is 1. The second-order valence-electron chi connectivity index (χ2n) is 6.87. The van der Waals surface area contributed by atoms with Gasteiger partial charge in [-0.3, -0.25) is 0 Å². The Morgan fingerprint density at radius 1 is 1.22 bits per heavy atom. The maximum absolute atomic E-state index is 13.0. The molecule has 0 aromatic heterocycles. The molecule has 2 rings (SSSR count). The highest BCUT2D eigenvalue weighted by Crippen LogP contribution is 2.36. The second kappa shape index (κ2) is 6.99. The SMILES string of the molecule is CC(C)(NCCC1(c2ccc(Cl)cc2)CCCNC1)C(F)(F)F. The monoisotopic (exact) mass is 348 g/mol. The Labute approximate surface area is 140 Å². The third-order valence-corrected chi connectivity index (χ3v) is 5.06. The van der Waals surface area contributed by atoms with Crippen LogP contribution < -0.4 is 10.6 Å². The highest BCUT2D eigenvalue weighted by atomic mass is 35.5. The maximum atomic E-state index is 13.0. The zero-order valence-electron chi connectivity index (χ0n) is 13.6. The third kappa shape index (κ3) is 4.40. The summed E-state index contributed by atoms with van der Waals surface area (Å²) in [6.07, 6.45) is -1.62. The number of hydrogen-bond donors (Lipinski definition) is 2. The van der Waals surface area contributed by atoms with Crippen molar-refractivity contribution in [3.8, 4) is 0 Å². The van der Waals surface area contributed by atoms with E-state index >= 15 is 0 Å². The largest absolute Gasteiger partial charge is 0.406 e. The highest BCUT2D eigenvalue weighted by Gasteiger charge is 2.47. The summed E-state index contributed by atoms with van der Waals surface area (Å²) in [4.78, 5) is 0. The molecule has 0 spiro atoms. The normalized spacial score (nSPS) is 23.0. The van der Waals surface area contributed by atoms with Gasteiger partial charge >= 0.3 is 6.18 Å². The lowest BCUT2D eigenvalue weighted by Gasteiger charge is -2.40. The molecule has 6 heteroatoms. The fourth-order valence-corrected chi connectivity index (χ4v) is 3.22. The third-order valence-electron chi connectivity index (χ3n) is 4.81. The minimum atomic E-state index is -4.26. The molecule has 23 heavy (non-hydrogen) atoms. The van der Waals surface area contributed by atoms with Gasteiger partial charge in [0, 0.05) is 17.0 Å². The standard InChI is InChI=1S/C17H24ClF3N2/c1-15(2,17(19,20)21)23-11-9-16(8-3-10-22-12-16)13-4-6-14(18)7-5-13/h4-7,22-23H,3,8-12H2,1-2H3. The lowest BCUT2D eigenvalue weighted by atomic mass is 9.72. The first kappa shape index (κ1) is 18.6. The smallest absolute Gasteiger partial charge is 0.316 e. The Morgan fingerprint density at radius 3 is 2.39 bits per heavy atom. The molecule has 1 heterocycles. The molecular formula is C17H24ClF3N2. The van der Waals surface area contributed by atoms with Crippen molar-refractivity contribution in [1.82, 2.24) is 10.6 Å². The number of alkyl halides is 3. The van der Waals surface area contributed by atoms with E-state index in [1.807, 2.05) is 24.3 Å². The summed E-state index contributed by atoms with van der Waals surface area (Å²) < 4.78 is 38.9. The quantitative estimate of drug-likeness (QED) is 0.829. The molecule has 2 nitrogen and oxygen atoms in total. The highest BCUT2D eigenvalue weighted by molar-refractivity contribution is 6.30. The number of piperidine rings is 1. The van der Waals surface area contributed by atoms with Crippen molar-refractivity contribution in [3.63, 3.8) is 0 Å². The molecule has 1 aliphatic heterocycles. The summed E-state index contributed by atoms with van der Waals surface area (Å²) >= 11 is 5.96. The van der Waals surface area contributed by atoms with Gasteiger partial charge in [0.05, 0.1) is 0 Å². The Hall–Kier alpha value is -0.780. The Morgan fingerprint density at radius 2 is 1.87 bits per heavy atom. The van der Waals surface area contributed by atoms with Gasteiger partial charge < -0.3 is 10.6 Å². The van der Waals surface area contributed by atoms with Crippen LogP contribution in [-0.2, 0) is 5.41 Å². The van der Waals surface area contributed by atoms with Crippen molar-refractivity contribution in [2.24, 2.45) is 0 Å². The average Bonchev–Trinajstić information content (AvgIpc) is 2.47. The molecule has 1 aromatic carbocycles. The summed E-state index contributed by atoms with van der Waals surface area (Å²) in [6.45, 7) is 4.42. The van der Waals surface area contributed by atoms with E-state index in [0.717, 1.165) is 31.5 Å². The Kier molecular flexibility index (Phi) is 5.64. The van der Waals surface area contributed by atoms with Crippen molar-refractivity contribution in [3.05, 3.63) is 34.9 Å².